The Balaban J connectivity index is 3.82. The van der Waals surface area contributed by atoms with E-state index in [4.69, 9.17) is 0 Å². The summed E-state index contributed by atoms with van der Waals surface area (Å²) in [5.41, 5.74) is 0. The van der Waals surface area contributed by atoms with Crippen LogP contribution in [0.25, 0.3) is 0 Å². The monoisotopic (exact) mass is 623 g/mol. The number of amides is 1. The summed E-state index contributed by atoms with van der Waals surface area (Å²) in [7, 11) is -4.71. The van der Waals surface area contributed by atoms with Gasteiger partial charge in [-0.25, -0.2) is 9.36 Å². The maximum absolute atomic E-state index is 12.2. The molecule has 0 radical (unpaired) electrons. The van der Waals surface area contributed by atoms with E-state index >= 15 is 0 Å². The van der Waals surface area contributed by atoms with Crippen LogP contribution in [0.3, 0.4) is 0 Å². The predicted molar refractivity (Wildman–Crippen MR) is 162 cm³/mol. The van der Waals surface area contributed by atoms with Crippen molar-refractivity contribution in [1.82, 2.24) is 5.32 Å². The lowest BCUT2D eigenvalue weighted by atomic mass is 10.0. The Morgan fingerprint density at radius 1 is 0.690 bits per heavy atom. The first-order chi connectivity index (χ1) is 20.1. The van der Waals surface area contributed by atoms with Gasteiger partial charge < -0.3 is 25.2 Å². The molecule has 0 aromatic rings. The number of esters is 1. The smallest absolute Gasteiger partial charge is 0.472 e. The Labute approximate surface area is 253 Å². The molecule has 4 N–H and O–H groups in total. The van der Waals surface area contributed by atoms with Gasteiger partial charge in [-0.05, 0) is 6.42 Å². The average Bonchev–Trinajstić information content (AvgIpc) is 2.96. The highest BCUT2D eigenvalue weighted by Gasteiger charge is 2.28. The molecule has 0 rings (SSSR count). The summed E-state index contributed by atoms with van der Waals surface area (Å²) in [6.07, 6.45) is 21.2. The van der Waals surface area contributed by atoms with E-state index in [2.05, 4.69) is 26.0 Å². The topological polar surface area (TPSA) is 169 Å². The minimum absolute atomic E-state index is 0.108. The molecule has 0 saturated heterocycles. The van der Waals surface area contributed by atoms with Gasteiger partial charge in [0.05, 0.1) is 13.2 Å². The van der Waals surface area contributed by atoms with Crippen LogP contribution in [0.2, 0.25) is 0 Å². The summed E-state index contributed by atoms with van der Waals surface area (Å²) in [5.74, 6) is -2.46. The van der Waals surface area contributed by atoms with Crippen molar-refractivity contribution >= 4 is 25.7 Å². The van der Waals surface area contributed by atoms with Crippen LogP contribution in [-0.4, -0.2) is 64.9 Å². The lowest BCUT2D eigenvalue weighted by Gasteiger charge is -2.18. The number of aliphatic carboxylic acids is 1. The Kier molecular flexibility index (Phi) is 26.1. The van der Waals surface area contributed by atoms with Crippen LogP contribution in [0.1, 0.15) is 142 Å². The van der Waals surface area contributed by atoms with E-state index in [1.165, 1.54) is 89.9 Å². The first-order valence-corrected chi connectivity index (χ1v) is 17.6. The van der Waals surface area contributed by atoms with Gasteiger partial charge in [-0.2, -0.15) is 0 Å². The molecule has 0 saturated carbocycles. The number of carbonyl (C=O) groups excluding carboxylic acids is 2. The second-order valence-corrected chi connectivity index (χ2v) is 12.4. The van der Waals surface area contributed by atoms with E-state index in [0.29, 0.717) is 6.42 Å². The zero-order valence-corrected chi connectivity index (χ0v) is 27.0. The molecule has 3 unspecified atom stereocenters. The first-order valence-electron chi connectivity index (χ1n) is 16.1. The zero-order valence-electron chi connectivity index (χ0n) is 26.1. The number of phosphoric ester groups is 1. The quantitative estimate of drug-likeness (QED) is 0.0397. The second-order valence-electron chi connectivity index (χ2n) is 11.0. The highest BCUT2D eigenvalue weighted by molar-refractivity contribution is 7.47. The molecular formula is C30H58NO10P. The standard InChI is InChI=1S/C30H58NO10P/c1-3-5-6-7-8-9-10-11-12-13-14-15-16-17-18-19-20-21-22-28(33)31-27(30(35)36)25-41-42(37,38)40-24-26(32)23-39-29(34)4-2/h26-27,32H,3-25H2,1-2H3,(H,31,33)(H,35,36)(H,37,38). The minimum atomic E-state index is -4.71. The largest absolute Gasteiger partial charge is 0.480 e. The van der Waals surface area contributed by atoms with Gasteiger partial charge in [0.1, 0.15) is 12.7 Å². The normalized spacial score (nSPS) is 14.2. The molecule has 0 fully saturated rings. The second kappa shape index (κ2) is 27.1. The van der Waals surface area contributed by atoms with Crippen molar-refractivity contribution in [2.24, 2.45) is 0 Å². The van der Waals surface area contributed by atoms with E-state index in [9.17, 15) is 34.1 Å². The molecule has 0 aromatic carbocycles. The molecule has 0 heterocycles. The maximum Gasteiger partial charge on any atom is 0.472 e. The molecule has 0 aliphatic carbocycles. The van der Waals surface area contributed by atoms with Crippen LogP contribution < -0.4 is 5.32 Å². The molecule has 11 nitrogen and oxygen atoms in total. The highest BCUT2D eigenvalue weighted by atomic mass is 31.2. The van der Waals surface area contributed by atoms with Crippen LogP contribution in [0.15, 0.2) is 0 Å². The van der Waals surface area contributed by atoms with E-state index < -0.39 is 57.6 Å². The van der Waals surface area contributed by atoms with Crippen LogP contribution in [0.5, 0.6) is 0 Å². The molecule has 3 atom stereocenters. The number of carboxylic acids is 1. The number of phosphoric acid groups is 1. The number of hydrogen-bond donors (Lipinski definition) is 4. The molecule has 42 heavy (non-hydrogen) atoms. The number of nitrogens with one attached hydrogen (secondary N) is 1. The van der Waals surface area contributed by atoms with Gasteiger partial charge in [0, 0.05) is 12.8 Å². The van der Waals surface area contributed by atoms with Gasteiger partial charge in [0.25, 0.3) is 0 Å². The van der Waals surface area contributed by atoms with Crippen LogP contribution in [-0.2, 0) is 32.7 Å². The average molecular weight is 624 g/mol. The van der Waals surface area contributed by atoms with Gasteiger partial charge in [-0.3, -0.25) is 18.6 Å². The SMILES string of the molecule is CCCCCCCCCCCCCCCCCCCCC(=O)NC(COP(=O)(O)OCC(O)COC(=O)CC)C(=O)O. The Morgan fingerprint density at radius 2 is 1.12 bits per heavy atom. The molecule has 248 valence electrons. The summed E-state index contributed by atoms with van der Waals surface area (Å²) in [6, 6.07) is -1.53. The van der Waals surface area contributed by atoms with Gasteiger partial charge in [0.2, 0.25) is 5.91 Å². The predicted octanol–water partition coefficient (Wildman–Crippen LogP) is 6.44. The van der Waals surface area contributed by atoms with Crippen LogP contribution in [0.4, 0.5) is 0 Å². The van der Waals surface area contributed by atoms with E-state index in [-0.39, 0.29) is 12.8 Å². The van der Waals surface area contributed by atoms with Gasteiger partial charge in [-0.15, -0.1) is 0 Å². The number of carbonyl (C=O) groups is 3. The van der Waals surface area contributed by atoms with Crippen molar-refractivity contribution in [3.8, 4) is 0 Å². The third-order valence-corrected chi connectivity index (χ3v) is 7.90. The minimum Gasteiger partial charge on any atom is -0.480 e. The van der Waals surface area contributed by atoms with Crippen LogP contribution >= 0.6 is 7.82 Å². The van der Waals surface area contributed by atoms with E-state index in [1.54, 1.807) is 6.92 Å². The molecule has 0 bridgehead atoms. The Bertz CT molecular complexity index is 752. The van der Waals surface area contributed by atoms with Crippen molar-refractivity contribution < 1.29 is 47.8 Å². The van der Waals surface area contributed by atoms with Crippen molar-refractivity contribution in [2.45, 2.75) is 154 Å². The first kappa shape index (κ1) is 40.5. The number of aliphatic hydroxyl groups is 1. The van der Waals surface area contributed by atoms with E-state index in [0.717, 1.165) is 19.3 Å². The van der Waals surface area contributed by atoms with Gasteiger partial charge in [0.15, 0.2) is 6.04 Å². The van der Waals surface area contributed by atoms with Crippen molar-refractivity contribution in [2.75, 3.05) is 19.8 Å². The zero-order chi connectivity index (χ0) is 31.5. The molecule has 12 heteroatoms. The lowest BCUT2D eigenvalue weighted by molar-refractivity contribution is -0.146. The summed E-state index contributed by atoms with van der Waals surface area (Å²) >= 11 is 0. The summed E-state index contributed by atoms with van der Waals surface area (Å²) in [4.78, 5) is 44.4. The third-order valence-electron chi connectivity index (χ3n) is 6.95. The third kappa shape index (κ3) is 26.1. The molecule has 0 aliphatic heterocycles. The van der Waals surface area contributed by atoms with Crippen molar-refractivity contribution in [3.05, 3.63) is 0 Å². The highest BCUT2D eigenvalue weighted by Crippen LogP contribution is 2.43. The molecule has 1 amide bonds. The number of carboxylic acid groups (broad SMARTS) is 1. The van der Waals surface area contributed by atoms with Crippen molar-refractivity contribution in [3.63, 3.8) is 0 Å². The summed E-state index contributed by atoms with van der Waals surface area (Å²) in [6.45, 7) is 1.92. The fraction of sp³-hybridized carbons (Fsp3) is 0.900. The Hall–Kier alpha value is -1.52. The molecule has 0 aliphatic rings. The number of unbranched alkanes of at least 4 members (excludes halogenated alkanes) is 17. The summed E-state index contributed by atoms with van der Waals surface area (Å²) in [5, 5.41) is 21.3. The number of hydrogen-bond acceptors (Lipinski definition) is 8. The van der Waals surface area contributed by atoms with Crippen molar-refractivity contribution in [1.29, 1.82) is 0 Å². The fourth-order valence-electron chi connectivity index (χ4n) is 4.35. The fourth-order valence-corrected chi connectivity index (χ4v) is 5.13. The van der Waals surface area contributed by atoms with Gasteiger partial charge >= 0.3 is 19.8 Å². The number of rotatable bonds is 30. The number of aliphatic hydroxyl groups excluding tert-OH is 1. The molecule has 0 spiro atoms. The van der Waals surface area contributed by atoms with Gasteiger partial charge in [-0.1, -0.05) is 123 Å². The lowest BCUT2D eigenvalue weighted by Crippen LogP contribution is -2.43. The molecule has 0 aromatic heterocycles. The summed E-state index contributed by atoms with van der Waals surface area (Å²) < 4.78 is 25.9. The molecular weight excluding hydrogens is 565 g/mol. The maximum atomic E-state index is 12.2. The number of ether oxygens (including phenoxy) is 1. The Morgan fingerprint density at radius 3 is 1.55 bits per heavy atom. The van der Waals surface area contributed by atoms with Crippen LogP contribution in [0, 0.1) is 0 Å². The van der Waals surface area contributed by atoms with E-state index in [1.807, 2.05) is 0 Å².